The Balaban J connectivity index is 1.33. The van der Waals surface area contributed by atoms with Crippen LogP contribution in [0.25, 0.3) is 22.2 Å². The molecule has 1 aliphatic rings. The van der Waals surface area contributed by atoms with Crippen molar-refractivity contribution in [3.8, 4) is 11.4 Å². The van der Waals surface area contributed by atoms with Crippen LogP contribution in [0.3, 0.4) is 0 Å². The van der Waals surface area contributed by atoms with Gasteiger partial charge in [-0.2, -0.15) is 18.3 Å². The van der Waals surface area contributed by atoms with E-state index in [1.165, 1.54) is 12.4 Å². The largest absolute Gasteiger partial charge is 0.416 e. The zero-order valence-corrected chi connectivity index (χ0v) is 19.6. The lowest BCUT2D eigenvalue weighted by molar-refractivity contribution is -0.138. The molecule has 1 saturated heterocycles. The van der Waals surface area contributed by atoms with Gasteiger partial charge in [0.05, 0.1) is 11.3 Å². The molecule has 7 nitrogen and oxygen atoms in total. The van der Waals surface area contributed by atoms with Gasteiger partial charge in [0.15, 0.2) is 5.82 Å². The van der Waals surface area contributed by atoms with Crippen molar-refractivity contribution in [1.29, 1.82) is 0 Å². The number of halogens is 3. The molecule has 0 spiro atoms. The maximum absolute atomic E-state index is 13.4. The Labute approximate surface area is 201 Å². The minimum Gasteiger partial charge on any atom is -0.354 e. The molecular formula is C25H26F3N7. The van der Waals surface area contributed by atoms with Crippen LogP contribution in [0.4, 0.5) is 19.0 Å². The SMILES string of the molecule is CN(Cc1cnccc1C(F)(F)F)C1CCN(c2nnc(-c3ccnn3C)c3ccccc23)CC1. The normalized spacial score (nSPS) is 15.3. The van der Waals surface area contributed by atoms with Gasteiger partial charge in [-0.15, -0.1) is 10.2 Å². The predicted octanol–water partition coefficient (Wildman–Crippen LogP) is 4.54. The zero-order valence-electron chi connectivity index (χ0n) is 19.6. The Kier molecular flexibility index (Phi) is 6.14. The van der Waals surface area contributed by atoms with E-state index in [4.69, 9.17) is 0 Å². The van der Waals surface area contributed by atoms with E-state index in [1.807, 2.05) is 43.3 Å². The van der Waals surface area contributed by atoms with E-state index in [-0.39, 0.29) is 18.2 Å². The van der Waals surface area contributed by atoms with Crippen LogP contribution in [0, 0.1) is 0 Å². The van der Waals surface area contributed by atoms with Crippen LogP contribution in [0.2, 0.25) is 0 Å². The van der Waals surface area contributed by atoms with Gasteiger partial charge in [0.25, 0.3) is 0 Å². The molecule has 4 aromatic rings. The van der Waals surface area contributed by atoms with E-state index in [9.17, 15) is 13.2 Å². The summed E-state index contributed by atoms with van der Waals surface area (Å²) in [5, 5.41) is 15.4. The lowest BCUT2D eigenvalue weighted by Crippen LogP contribution is -2.43. The van der Waals surface area contributed by atoms with Crippen LogP contribution in [0.5, 0.6) is 0 Å². The molecule has 0 unspecified atom stereocenters. The second-order valence-electron chi connectivity index (χ2n) is 8.92. The molecule has 0 N–H and O–H groups in total. The molecule has 0 atom stereocenters. The number of aromatic nitrogens is 5. The highest BCUT2D eigenvalue weighted by Gasteiger charge is 2.34. The third-order valence-electron chi connectivity index (χ3n) is 6.75. The molecule has 5 rings (SSSR count). The minimum atomic E-state index is -4.39. The van der Waals surface area contributed by atoms with Crippen LogP contribution in [-0.4, -0.2) is 56.0 Å². The van der Waals surface area contributed by atoms with Gasteiger partial charge in [0.2, 0.25) is 0 Å². The first-order chi connectivity index (χ1) is 16.8. The fraction of sp³-hybridized carbons (Fsp3) is 0.360. The first-order valence-corrected chi connectivity index (χ1v) is 11.5. The summed E-state index contributed by atoms with van der Waals surface area (Å²) in [6.45, 7) is 1.70. The zero-order chi connectivity index (χ0) is 24.6. The summed E-state index contributed by atoms with van der Waals surface area (Å²) in [5.74, 6) is 0.833. The van der Waals surface area contributed by atoms with Gasteiger partial charge in [-0.25, -0.2) is 0 Å². The monoisotopic (exact) mass is 481 g/mol. The maximum atomic E-state index is 13.4. The van der Waals surface area contributed by atoms with Crippen LogP contribution < -0.4 is 4.90 Å². The lowest BCUT2D eigenvalue weighted by Gasteiger charge is -2.37. The molecule has 3 aromatic heterocycles. The Hall–Kier alpha value is -3.53. The quantitative estimate of drug-likeness (QED) is 0.417. The van der Waals surface area contributed by atoms with Crippen molar-refractivity contribution in [2.45, 2.75) is 31.6 Å². The Morgan fingerprint density at radius 3 is 2.43 bits per heavy atom. The minimum absolute atomic E-state index is 0.167. The molecule has 182 valence electrons. The van der Waals surface area contributed by atoms with Crippen molar-refractivity contribution in [1.82, 2.24) is 29.9 Å². The van der Waals surface area contributed by atoms with Crippen molar-refractivity contribution < 1.29 is 13.2 Å². The van der Waals surface area contributed by atoms with Crippen molar-refractivity contribution in [3.05, 3.63) is 66.1 Å². The van der Waals surface area contributed by atoms with Gasteiger partial charge in [-0.05, 0) is 37.6 Å². The molecule has 0 aliphatic carbocycles. The molecule has 4 heterocycles. The molecule has 0 bridgehead atoms. The topological polar surface area (TPSA) is 63.0 Å². The third kappa shape index (κ3) is 4.58. The molecule has 10 heteroatoms. The smallest absolute Gasteiger partial charge is 0.354 e. The summed E-state index contributed by atoms with van der Waals surface area (Å²) in [6.07, 6.45) is 1.50. The highest BCUT2D eigenvalue weighted by molar-refractivity contribution is 5.99. The van der Waals surface area contributed by atoms with Crippen LogP contribution in [-0.2, 0) is 19.8 Å². The number of hydrogen-bond donors (Lipinski definition) is 0. The first kappa shape index (κ1) is 23.2. The van der Waals surface area contributed by atoms with Crippen LogP contribution in [0.1, 0.15) is 24.0 Å². The molecule has 0 saturated carbocycles. The van der Waals surface area contributed by atoms with E-state index in [2.05, 4.69) is 31.2 Å². The molecule has 35 heavy (non-hydrogen) atoms. The number of fused-ring (bicyclic) bond motifs is 1. The number of rotatable bonds is 5. The van der Waals surface area contributed by atoms with E-state index in [0.29, 0.717) is 0 Å². The van der Waals surface area contributed by atoms with Gasteiger partial charge >= 0.3 is 6.18 Å². The van der Waals surface area contributed by atoms with Gasteiger partial charge < -0.3 is 4.90 Å². The van der Waals surface area contributed by atoms with Crippen molar-refractivity contribution in [2.75, 3.05) is 25.0 Å². The lowest BCUT2D eigenvalue weighted by atomic mass is 10.0. The molecule has 0 radical (unpaired) electrons. The first-order valence-electron chi connectivity index (χ1n) is 11.5. The number of alkyl halides is 3. The number of aryl methyl sites for hydroxylation is 1. The highest BCUT2D eigenvalue weighted by Crippen LogP contribution is 2.34. The summed E-state index contributed by atoms with van der Waals surface area (Å²) in [6, 6.07) is 11.2. The average Bonchev–Trinajstić information content (AvgIpc) is 3.28. The second kappa shape index (κ2) is 9.26. The molecule has 0 amide bonds. The Morgan fingerprint density at radius 1 is 1.00 bits per heavy atom. The summed E-state index contributed by atoms with van der Waals surface area (Å²) in [5.41, 5.74) is 1.27. The van der Waals surface area contributed by atoms with Crippen molar-refractivity contribution in [2.24, 2.45) is 7.05 Å². The Morgan fingerprint density at radius 2 is 1.74 bits per heavy atom. The number of piperidine rings is 1. The number of anilines is 1. The highest BCUT2D eigenvalue weighted by atomic mass is 19.4. The van der Waals surface area contributed by atoms with Crippen LogP contribution in [0.15, 0.2) is 55.0 Å². The number of benzene rings is 1. The van der Waals surface area contributed by atoms with E-state index in [0.717, 1.165) is 60.0 Å². The maximum Gasteiger partial charge on any atom is 0.416 e. The number of pyridine rings is 1. The molecular weight excluding hydrogens is 455 g/mol. The van der Waals surface area contributed by atoms with E-state index < -0.39 is 11.7 Å². The number of hydrogen-bond acceptors (Lipinski definition) is 6. The fourth-order valence-corrected chi connectivity index (χ4v) is 4.86. The Bertz CT molecular complexity index is 1330. The summed E-state index contributed by atoms with van der Waals surface area (Å²) in [7, 11) is 3.76. The average molecular weight is 482 g/mol. The van der Waals surface area contributed by atoms with Crippen molar-refractivity contribution >= 4 is 16.6 Å². The third-order valence-corrected chi connectivity index (χ3v) is 6.75. The van der Waals surface area contributed by atoms with Crippen molar-refractivity contribution in [3.63, 3.8) is 0 Å². The molecule has 1 fully saturated rings. The number of nitrogens with zero attached hydrogens (tertiary/aromatic N) is 7. The van der Waals surface area contributed by atoms with E-state index >= 15 is 0 Å². The predicted molar refractivity (Wildman–Crippen MR) is 128 cm³/mol. The van der Waals surface area contributed by atoms with Gasteiger partial charge in [-0.1, -0.05) is 24.3 Å². The molecule has 1 aliphatic heterocycles. The van der Waals surface area contributed by atoms with Gasteiger partial charge in [-0.3, -0.25) is 14.6 Å². The van der Waals surface area contributed by atoms with Gasteiger partial charge in [0, 0.05) is 62.1 Å². The fourth-order valence-electron chi connectivity index (χ4n) is 4.86. The summed E-state index contributed by atoms with van der Waals surface area (Å²) in [4.78, 5) is 8.13. The standard InChI is InChI=1S/C25H26F3N7/c1-33(16-17-15-29-11-7-21(17)25(26,27)28)18-9-13-35(14-10-18)24-20-6-4-3-5-19(20)23(31-32-24)22-8-12-30-34(22)2/h3-8,11-12,15,18H,9-10,13-14,16H2,1-2H3. The summed E-state index contributed by atoms with van der Waals surface area (Å²) < 4.78 is 41.9. The molecule has 1 aromatic carbocycles. The van der Waals surface area contributed by atoms with E-state index in [1.54, 1.807) is 10.9 Å². The second-order valence-corrected chi connectivity index (χ2v) is 8.92. The van der Waals surface area contributed by atoms with Gasteiger partial charge in [0.1, 0.15) is 5.69 Å². The summed E-state index contributed by atoms with van der Waals surface area (Å²) >= 11 is 0. The van der Waals surface area contributed by atoms with Crippen LogP contribution >= 0.6 is 0 Å².